The minimum Gasteiger partial charge on any atom is -0.339 e. The Morgan fingerprint density at radius 1 is 1.35 bits per heavy atom. The Kier molecular flexibility index (Phi) is 5.74. The van der Waals surface area contributed by atoms with Crippen LogP contribution in [0.15, 0.2) is 42.7 Å². The molecule has 0 bridgehead atoms. The molecule has 3 rings (SSSR count). The second kappa shape index (κ2) is 8.01. The molecule has 0 spiro atoms. The van der Waals surface area contributed by atoms with Crippen molar-refractivity contribution < 1.29 is 9.18 Å². The smallest absolute Gasteiger partial charge is 0.274 e. The lowest BCUT2D eigenvalue weighted by Gasteiger charge is -2.09. The Labute approximate surface area is 160 Å². The van der Waals surface area contributed by atoms with Gasteiger partial charge in [0.1, 0.15) is 15.8 Å². The number of halogens is 2. The van der Waals surface area contributed by atoms with Crippen molar-refractivity contribution in [3.05, 3.63) is 69.7 Å². The minimum atomic E-state index is -0.291. The first-order valence-corrected chi connectivity index (χ1v) is 9.46. The fourth-order valence-corrected chi connectivity index (χ4v) is 3.59. The monoisotopic (exact) mass is 391 g/mol. The van der Waals surface area contributed by atoms with E-state index < -0.39 is 0 Å². The molecule has 1 aromatic carbocycles. The number of anilines is 1. The number of nitrogens with zero attached hydrogens (tertiary/aromatic N) is 2. The molecule has 0 atom stereocenters. The summed E-state index contributed by atoms with van der Waals surface area (Å²) in [6.45, 7) is 4.67. The summed E-state index contributed by atoms with van der Waals surface area (Å²) in [6, 6.07) is 8.27. The Morgan fingerprint density at radius 2 is 2.15 bits per heavy atom. The summed E-state index contributed by atoms with van der Waals surface area (Å²) in [7, 11) is 0. The minimum absolute atomic E-state index is 0.262. The van der Waals surface area contributed by atoms with E-state index in [1.807, 2.05) is 22.9 Å². The van der Waals surface area contributed by atoms with Gasteiger partial charge in [-0.3, -0.25) is 10.1 Å². The predicted molar refractivity (Wildman–Crippen MR) is 104 cm³/mol. The zero-order chi connectivity index (χ0) is 18.7. The number of aromatic nitrogens is 2. The van der Waals surface area contributed by atoms with Gasteiger partial charge in [0.15, 0.2) is 5.13 Å². The normalized spacial score (nSPS) is 11.1. The summed E-state index contributed by atoms with van der Waals surface area (Å²) < 4.78 is 15.8. The molecule has 0 aliphatic rings. The van der Waals surface area contributed by atoms with Crippen LogP contribution < -0.4 is 5.32 Å². The van der Waals surface area contributed by atoms with Crippen LogP contribution in [0.25, 0.3) is 0 Å². The molecule has 0 saturated carbocycles. The molecule has 0 fully saturated rings. The van der Waals surface area contributed by atoms with Crippen LogP contribution >= 0.6 is 22.9 Å². The van der Waals surface area contributed by atoms with Gasteiger partial charge in [-0.2, -0.15) is 0 Å². The van der Waals surface area contributed by atoms with E-state index in [1.165, 1.54) is 29.7 Å². The van der Waals surface area contributed by atoms with Crippen molar-refractivity contribution in [1.82, 2.24) is 9.55 Å². The van der Waals surface area contributed by atoms with Crippen LogP contribution in [0.4, 0.5) is 9.52 Å². The van der Waals surface area contributed by atoms with Gasteiger partial charge in [-0.1, -0.05) is 48.9 Å². The van der Waals surface area contributed by atoms with E-state index >= 15 is 0 Å². The summed E-state index contributed by atoms with van der Waals surface area (Å²) >= 11 is 7.07. The zero-order valence-corrected chi connectivity index (χ0v) is 16.1. The second-order valence-electron chi connectivity index (χ2n) is 6.51. The first kappa shape index (κ1) is 18.6. The van der Waals surface area contributed by atoms with Crippen LogP contribution in [0.3, 0.4) is 0 Å². The van der Waals surface area contributed by atoms with Crippen molar-refractivity contribution in [2.45, 2.75) is 26.8 Å². The maximum absolute atomic E-state index is 13.5. The topological polar surface area (TPSA) is 46.9 Å². The van der Waals surface area contributed by atoms with Crippen molar-refractivity contribution in [2.75, 3.05) is 5.32 Å². The Bertz CT molecular complexity index is 919. The van der Waals surface area contributed by atoms with E-state index in [0.29, 0.717) is 27.6 Å². The molecule has 4 nitrogen and oxygen atoms in total. The summed E-state index contributed by atoms with van der Waals surface area (Å²) in [5, 5.41) is 3.22. The molecule has 1 N–H and O–H groups in total. The van der Waals surface area contributed by atoms with Crippen molar-refractivity contribution >= 4 is 34.0 Å². The lowest BCUT2D eigenvalue weighted by molar-refractivity contribution is 0.101. The van der Waals surface area contributed by atoms with Gasteiger partial charge >= 0.3 is 0 Å². The third-order valence-electron chi connectivity index (χ3n) is 3.77. The molecule has 3 aromatic rings. The maximum atomic E-state index is 13.5. The number of rotatable bonds is 6. The number of benzene rings is 1. The van der Waals surface area contributed by atoms with Crippen molar-refractivity contribution in [3.8, 4) is 0 Å². The number of carbonyl (C=O) groups excluding carboxylic acids is 1. The molecule has 2 heterocycles. The van der Waals surface area contributed by atoms with E-state index in [4.69, 9.17) is 11.6 Å². The van der Waals surface area contributed by atoms with E-state index in [1.54, 1.807) is 6.07 Å². The number of thiazole rings is 1. The average Bonchev–Trinajstić information content (AvgIpc) is 3.13. The van der Waals surface area contributed by atoms with Gasteiger partial charge in [0.05, 0.1) is 6.20 Å². The molecule has 7 heteroatoms. The molecule has 0 saturated heterocycles. The van der Waals surface area contributed by atoms with Crippen LogP contribution in [-0.4, -0.2) is 15.5 Å². The molecule has 0 unspecified atom stereocenters. The van der Waals surface area contributed by atoms with Crippen LogP contribution in [0.1, 0.15) is 35.5 Å². The Balaban J connectivity index is 1.88. The fourth-order valence-electron chi connectivity index (χ4n) is 2.78. The third kappa shape index (κ3) is 4.71. The summed E-state index contributed by atoms with van der Waals surface area (Å²) in [4.78, 5) is 16.8. The molecule has 2 aromatic heterocycles. The van der Waals surface area contributed by atoms with Gasteiger partial charge in [0.25, 0.3) is 5.91 Å². The highest BCUT2D eigenvalue weighted by molar-refractivity contribution is 7.19. The highest BCUT2D eigenvalue weighted by atomic mass is 35.5. The quantitative estimate of drug-likeness (QED) is 0.624. The molecule has 1 amide bonds. The van der Waals surface area contributed by atoms with Gasteiger partial charge in [-0.15, -0.1) is 0 Å². The second-order valence-corrected chi connectivity index (χ2v) is 8.17. The van der Waals surface area contributed by atoms with Gasteiger partial charge in [0, 0.05) is 12.7 Å². The molecule has 26 heavy (non-hydrogen) atoms. The van der Waals surface area contributed by atoms with E-state index in [2.05, 4.69) is 24.1 Å². The van der Waals surface area contributed by atoms with E-state index in [0.717, 1.165) is 17.5 Å². The van der Waals surface area contributed by atoms with Gasteiger partial charge < -0.3 is 4.57 Å². The lowest BCUT2D eigenvalue weighted by Crippen LogP contribution is -2.17. The molecule has 0 aliphatic heterocycles. The highest BCUT2D eigenvalue weighted by Gasteiger charge is 2.16. The zero-order valence-electron chi connectivity index (χ0n) is 14.5. The van der Waals surface area contributed by atoms with Gasteiger partial charge in [-0.25, -0.2) is 9.37 Å². The first-order chi connectivity index (χ1) is 12.4. The lowest BCUT2D eigenvalue weighted by atomic mass is 10.1. The maximum Gasteiger partial charge on any atom is 0.274 e. The van der Waals surface area contributed by atoms with E-state index in [9.17, 15) is 9.18 Å². The summed E-state index contributed by atoms with van der Waals surface area (Å²) in [6.07, 6.45) is 4.31. The van der Waals surface area contributed by atoms with Crippen LogP contribution in [-0.2, 0) is 13.0 Å². The summed E-state index contributed by atoms with van der Waals surface area (Å²) in [5.41, 5.74) is 2.37. The van der Waals surface area contributed by atoms with Crippen molar-refractivity contribution in [3.63, 3.8) is 0 Å². The first-order valence-electron chi connectivity index (χ1n) is 8.27. The molecule has 136 valence electrons. The van der Waals surface area contributed by atoms with Crippen LogP contribution in [0.2, 0.25) is 4.34 Å². The number of carbonyl (C=O) groups is 1. The highest BCUT2D eigenvalue weighted by Crippen LogP contribution is 2.24. The molecular weight excluding hydrogens is 373 g/mol. The Hall–Kier alpha value is -2.18. The number of amides is 1. The van der Waals surface area contributed by atoms with Gasteiger partial charge in [-0.05, 0) is 41.7 Å². The number of nitrogens with one attached hydrogen (secondary N) is 1. The van der Waals surface area contributed by atoms with Crippen molar-refractivity contribution in [1.29, 1.82) is 0 Å². The number of hydrogen-bond donors (Lipinski definition) is 1. The average molecular weight is 392 g/mol. The molecular formula is C19H19ClFN3OS. The Morgan fingerprint density at radius 3 is 2.81 bits per heavy atom. The largest absolute Gasteiger partial charge is 0.339 e. The molecule has 0 radical (unpaired) electrons. The van der Waals surface area contributed by atoms with E-state index in [-0.39, 0.29) is 11.7 Å². The predicted octanol–water partition coefficient (Wildman–Crippen LogP) is 5.24. The third-order valence-corrected chi connectivity index (χ3v) is 4.80. The van der Waals surface area contributed by atoms with Gasteiger partial charge in [0.2, 0.25) is 0 Å². The SMILES string of the molecule is CC(C)Cc1cc(C(=O)Nc2ncc(Cl)s2)n(Cc2cccc(F)c2)c1. The van der Waals surface area contributed by atoms with Crippen LogP contribution in [0.5, 0.6) is 0 Å². The van der Waals surface area contributed by atoms with Crippen molar-refractivity contribution in [2.24, 2.45) is 5.92 Å². The van der Waals surface area contributed by atoms with Crippen LogP contribution in [0, 0.1) is 11.7 Å². The fraction of sp³-hybridized carbons (Fsp3) is 0.263. The number of hydrogen-bond acceptors (Lipinski definition) is 3. The summed E-state index contributed by atoms with van der Waals surface area (Å²) in [5.74, 6) is -0.0865. The molecule has 0 aliphatic carbocycles. The standard InChI is InChI=1S/C19H19ClFN3OS/c1-12(2)6-14-8-16(18(25)23-19-22-9-17(20)26-19)24(11-14)10-13-4-3-5-15(21)7-13/h3-5,7-9,11-12H,6,10H2,1-2H3,(H,22,23,25).